The third kappa shape index (κ3) is 4.09. The minimum atomic E-state index is -0.459. The van der Waals surface area contributed by atoms with Crippen LogP contribution in [-0.4, -0.2) is 23.2 Å². The van der Waals surface area contributed by atoms with Crippen LogP contribution < -0.4 is 4.74 Å². The minimum Gasteiger partial charge on any atom is -0.496 e. The Morgan fingerprint density at radius 2 is 1.77 bits per heavy atom. The summed E-state index contributed by atoms with van der Waals surface area (Å²) in [5.74, 6) is 2.36. The number of ether oxygens (including phenoxy) is 1. The smallest absolute Gasteiger partial charge is 0.293 e. The van der Waals surface area contributed by atoms with Crippen LogP contribution in [0.3, 0.4) is 0 Å². The number of hydrogen-bond donors (Lipinski definition) is 0. The fraction of sp³-hybridized carbons (Fsp3) is 0.429. The number of imide groups is 1. The lowest BCUT2D eigenvalue weighted by Crippen LogP contribution is -2.48. The van der Waals surface area contributed by atoms with Crippen LogP contribution in [0.4, 0.5) is 9.18 Å². The summed E-state index contributed by atoms with van der Waals surface area (Å²) in [5.41, 5.74) is 2.91. The second-order valence-corrected chi connectivity index (χ2v) is 12.1. The molecule has 1 saturated heterocycles. The third-order valence-corrected chi connectivity index (χ3v) is 9.64. The van der Waals surface area contributed by atoms with Crippen molar-refractivity contribution in [3.8, 4) is 5.75 Å². The molecule has 0 aromatic heterocycles. The maximum Gasteiger partial charge on any atom is 0.293 e. The average Bonchev–Trinajstić information content (AvgIpc) is 3.07. The number of thioether (sulfide) groups is 1. The predicted octanol–water partition coefficient (Wildman–Crippen LogP) is 7.19. The molecule has 1 heterocycles. The fourth-order valence-corrected chi connectivity index (χ4v) is 8.30. The third-order valence-electron chi connectivity index (χ3n) is 8.38. The molecule has 0 spiro atoms. The number of benzene rings is 2. The summed E-state index contributed by atoms with van der Waals surface area (Å²) in [6.07, 6.45) is 9.67. The number of carbonyl (C=O) groups excluding carboxylic acids is 2. The predicted molar refractivity (Wildman–Crippen MR) is 136 cm³/mol. The monoisotopic (exact) mass is 511 g/mol. The van der Waals surface area contributed by atoms with E-state index < -0.39 is 5.82 Å². The molecular formula is C28H27ClFNO3S. The Hall–Kier alpha value is -2.31. The molecule has 2 aromatic carbocycles. The molecule has 35 heavy (non-hydrogen) atoms. The van der Waals surface area contributed by atoms with Gasteiger partial charge in [-0.1, -0.05) is 23.7 Å². The quantitative estimate of drug-likeness (QED) is 0.398. The molecule has 4 bridgehead atoms. The van der Waals surface area contributed by atoms with Gasteiger partial charge in [-0.15, -0.1) is 0 Å². The molecule has 5 fully saturated rings. The summed E-state index contributed by atoms with van der Waals surface area (Å²) in [4.78, 5) is 27.4. The highest BCUT2D eigenvalue weighted by Gasteiger charge is 2.51. The summed E-state index contributed by atoms with van der Waals surface area (Å²) in [5, 5.41) is -0.171. The van der Waals surface area contributed by atoms with Crippen LogP contribution >= 0.6 is 23.4 Å². The molecule has 0 radical (unpaired) electrons. The van der Waals surface area contributed by atoms with Gasteiger partial charge >= 0.3 is 0 Å². The molecule has 7 heteroatoms. The number of amides is 2. The number of halogens is 2. The molecule has 0 unspecified atom stereocenters. The Bertz CT molecular complexity index is 1220. The van der Waals surface area contributed by atoms with Crippen molar-refractivity contribution in [2.24, 2.45) is 17.8 Å². The van der Waals surface area contributed by atoms with Gasteiger partial charge in [0.15, 0.2) is 0 Å². The molecule has 5 aliphatic rings. The Balaban J connectivity index is 1.30. The highest BCUT2D eigenvalue weighted by molar-refractivity contribution is 8.18. The van der Waals surface area contributed by atoms with Gasteiger partial charge in [-0.25, -0.2) is 4.39 Å². The van der Waals surface area contributed by atoms with Gasteiger partial charge in [0, 0.05) is 10.6 Å². The largest absolute Gasteiger partial charge is 0.496 e. The van der Waals surface area contributed by atoms with E-state index in [2.05, 4.69) is 12.1 Å². The van der Waals surface area contributed by atoms with E-state index in [1.807, 2.05) is 6.07 Å². The zero-order valence-corrected chi connectivity index (χ0v) is 21.1. The van der Waals surface area contributed by atoms with Crippen molar-refractivity contribution < 1.29 is 18.7 Å². The SMILES string of the molecule is COc1ccc(C23CC4CC(CC(C4)C2)C3)cc1/C=C1\SC(=O)N(Cc2ccc(F)cc2Cl)C1=O. The molecule has 1 aliphatic heterocycles. The maximum atomic E-state index is 13.4. The first kappa shape index (κ1) is 23.1. The van der Waals surface area contributed by atoms with E-state index in [0.29, 0.717) is 16.2 Å². The van der Waals surface area contributed by atoms with Gasteiger partial charge in [0.1, 0.15) is 11.6 Å². The summed E-state index contributed by atoms with van der Waals surface area (Å²) in [7, 11) is 1.62. The van der Waals surface area contributed by atoms with E-state index in [1.54, 1.807) is 13.2 Å². The second kappa shape index (κ2) is 8.67. The normalized spacial score (nSPS) is 30.5. The van der Waals surface area contributed by atoms with Crippen molar-refractivity contribution in [1.29, 1.82) is 0 Å². The maximum absolute atomic E-state index is 13.4. The van der Waals surface area contributed by atoms with Gasteiger partial charge in [0.05, 0.1) is 18.6 Å². The average molecular weight is 512 g/mol. The van der Waals surface area contributed by atoms with Crippen molar-refractivity contribution in [3.05, 3.63) is 68.8 Å². The molecule has 7 rings (SSSR count). The number of carbonyl (C=O) groups is 2. The van der Waals surface area contributed by atoms with Crippen molar-refractivity contribution >= 4 is 40.6 Å². The molecule has 4 nitrogen and oxygen atoms in total. The van der Waals surface area contributed by atoms with Crippen LogP contribution in [0.25, 0.3) is 6.08 Å². The first-order valence-corrected chi connectivity index (χ1v) is 13.4. The van der Waals surface area contributed by atoms with Gasteiger partial charge in [-0.2, -0.15) is 0 Å². The Kier molecular flexibility index (Phi) is 5.72. The number of methoxy groups -OCH3 is 1. The van der Waals surface area contributed by atoms with Gasteiger partial charge < -0.3 is 4.74 Å². The Morgan fingerprint density at radius 3 is 2.40 bits per heavy atom. The van der Waals surface area contributed by atoms with E-state index in [4.69, 9.17) is 16.3 Å². The lowest BCUT2D eigenvalue weighted by atomic mass is 9.48. The van der Waals surface area contributed by atoms with Crippen LogP contribution in [-0.2, 0) is 16.8 Å². The fourth-order valence-electron chi connectivity index (χ4n) is 7.24. The topological polar surface area (TPSA) is 46.6 Å². The number of rotatable bonds is 5. The molecule has 2 amide bonds. The van der Waals surface area contributed by atoms with E-state index in [1.165, 1.54) is 62.3 Å². The zero-order valence-electron chi connectivity index (χ0n) is 19.6. The summed E-state index contributed by atoms with van der Waals surface area (Å²) in [6, 6.07) is 10.3. The second-order valence-electron chi connectivity index (χ2n) is 10.7. The summed E-state index contributed by atoms with van der Waals surface area (Å²) in [6.45, 7) is 0.00553. The zero-order chi connectivity index (χ0) is 24.3. The highest BCUT2D eigenvalue weighted by atomic mass is 35.5. The van der Waals surface area contributed by atoms with Crippen molar-refractivity contribution in [2.45, 2.75) is 50.5 Å². The first-order valence-electron chi connectivity index (χ1n) is 12.2. The number of nitrogens with zero attached hydrogens (tertiary/aromatic N) is 1. The minimum absolute atomic E-state index is 0.00553. The molecule has 182 valence electrons. The van der Waals surface area contributed by atoms with Crippen LogP contribution in [0.1, 0.15) is 55.2 Å². The van der Waals surface area contributed by atoms with Crippen molar-refractivity contribution in [3.63, 3.8) is 0 Å². The van der Waals surface area contributed by atoms with E-state index in [0.717, 1.165) is 40.0 Å². The van der Waals surface area contributed by atoms with Gasteiger partial charge in [0.2, 0.25) is 0 Å². The summed E-state index contributed by atoms with van der Waals surface area (Å²) < 4.78 is 19.0. The van der Waals surface area contributed by atoms with Crippen molar-refractivity contribution in [1.82, 2.24) is 4.90 Å². The lowest BCUT2D eigenvalue weighted by molar-refractivity contribution is -0.123. The number of hydrogen-bond acceptors (Lipinski definition) is 4. The first-order chi connectivity index (χ1) is 16.8. The molecule has 0 N–H and O–H groups in total. The van der Waals surface area contributed by atoms with Crippen molar-refractivity contribution in [2.75, 3.05) is 7.11 Å². The molecule has 4 aliphatic carbocycles. The van der Waals surface area contributed by atoms with Crippen LogP contribution in [0.15, 0.2) is 41.3 Å². The highest BCUT2D eigenvalue weighted by Crippen LogP contribution is 2.61. The molecule has 0 atom stereocenters. The van der Waals surface area contributed by atoms with Crippen LogP contribution in [0, 0.1) is 23.6 Å². The van der Waals surface area contributed by atoms with Crippen LogP contribution in [0.5, 0.6) is 5.75 Å². The van der Waals surface area contributed by atoms with E-state index >= 15 is 0 Å². The van der Waals surface area contributed by atoms with E-state index in [-0.39, 0.29) is 28.1 Å². The standard InChI is InChI=1S/C28H27ClFNO3S/c1-34-24-5-3-21(28-12-16-6-17(13-28)8-18(7-16)14-28)9-20(24)10-25-26(32)31(27(33)35-25)15-19-2-4-22(30)11-23(19)29/h2-5,9-11,16-18H,6-8,12-15H2,1H3/b25-10-. The summed E-state index contributed by atoms with van der Waals surface area (Å²) >= 11 is 7.04. The Morgan fingerprint density at radius 1 is 1.09 bits per heavy atom. The Labute approximate surface area is 213 Å². The van der Waals surface area contributed by atoms with E-state index in [9.17, 15) is 14.0 Å². The molecule has 4 saturated carbocycles. The van der Waals surface area contributed by atoms with Gasteiger partial charge in [0.25, 0.3) is 11.1 Å². The van der Waals surface area contributed by atoms with Crippen LogP contribution in [0.2, 0.25) is 5.02 Å². The molecule has 2 aromatic rings. The molecular weight excluding hydrogens is 485 g/mol. The lowest BCUT2D eigenvalue weighted by Gasteiger charge is -2.57. The van der Waals surface area contributed by atoms with Gasteiger partial charge in [-0.05, 0) is 115 Å². The van der Waals surface area contributed by atoms with Gasteiger partial charge in [-0.3, -0.25) is 14.5 Å².